The molecule has 0 aliphatic carbocycles. The van der Waals surface area contributed by atoms with Crippen molar-refractivity contribution in [3.8, 4) is 0 Å². The highest BCUT2D eigenvalue weighted by Gasteiger charge is 2.08. The van der Waals surface area contributed by atoms with Crippen molar-refractivity contribution in [1.82, 2.24) is 0 Å². The highest BCUT2D eigenvalue weighted by atomic mass is 79.9. The minimum atomic E-state index is -2.72. The molecule has 0 aliphatic heterocycles. The Morgan fingerprint density at radius 1 is 1.36 bits per heavy atom. The molecular formula is C9H12BrNO2S. The summed E-state index contributed by atoms with van der Waals surface area (Å²) in [6.07, 6.45) is 0.401. The molecule has 1 atom stereocenters. The molecule has 0 heterocycles. The predicted molar refractivity (Wildman–Crippen MR) is 59.8 cm³/mol. The van der Waals surface area contributed by atoms with Crippen LogP contribution < -0.4 is 0 Å². The smallest absolute Gasteiger partial charge is 0.0726 e. The van der Waals surface area contributed by atoms with Crippen molar-refractivity contribution < 1.29 is 9.32 Å². The van der Waals surface area contributed by atoms with Crippen LogP contribution in [0.1, 0.15) is 6.42 Å². The van der Waals surface area contributed by atoms with E-state index in [4.69, 9.17) is 9.89 Å². The van der Waals surface area contributed by atoms with E-state index in [9.17, 15) is 4.21 Å². The first-order valence-electron chi connectivity index (χ1n) is 4.19. The fourth-order valence-corrected chi connectivity index (χ4v) is 2.65. The monoisotopic (exact) mass is 277 g/mol. The second-order valence-corrected chi connectivity index (χ2v) is 6.06. The Bertz CT molecular complexity index is 386. The van der Waals surface area contributed by atoms with Crippen LogP contribution in [0.2, 0.25) is 0 Å². The number of hydrogen-bond donors (Lipinski definition) is 2. The molecule has 0 saturated carbocycles. The zero-order valence-corrected chi connectivity index (χ0v) is 9.97. The number of nitrogens with one attached hydrogen (secondary N) is 1. The number of aliphatic hydroxyl groups is 1. The van der Waals surface area contributed by atoms with E-state index in [-0.39, 0.29) is 12.4 Å². The lowest BCUT2D eigenvalue weighted by Crippen LogP contribution is -2.06. The molecule has 0 amide bonds. The summed E-state index contributed by atoms with van der Waals surface area (Å²) in [6.45, 7) is -0.0214. The number of benzene rings is 1. The van der Waals surface area contributed by atoms with E-state index >= 15 is 0 Å². The molecule has 3 nitrogen and oxygen atoms in total. The summed E-state index contributed by atoms with van der Waals surface area (Å²) in [6, 6.07) is 6.89. The van der Waals surface area contributed by atoms with Gasteiger partial charge in [0, 0.05) is 21.7 Å². The first-order valence-corrected chi connectivity index (χ1v) is 6.71. The lowest BCUT2D eigenvalue weighted by molar-refractivity contribution is 0.295. The topological polar surface area (TPSA) is 61.2 Å². The lowest BCUT2D eigenvalue weighted by Gasteiger charge is -2.06. The van der Waals surface area contributed by atoms with E-state index in [0.717, 1.165) is 4.47 Å². The highest BCUT2D eigenvalue weighted by Crippen LogP contribution is 2.16. The second kappa shape index (κ2) is 4.91. The van der Waals surface area contributed by atoms with Gasteiger partial charge in [0.2, 0.25) is 0 Å². The quantitative estimate of drug-likeness (QED) is 0.887. The maximum atomic E-state index is 11.8. The fraction of sp³-hybridized carbons (Fsp3) is 0.333. The van der Waals surface area contributed by atoms with Crippen molar-refractivity contribution in [1.29, 1.82) is 4.78 Å². The molecule has 1 aromatic rings. The van der Waals surface area contributed by atoms with Crippen molar-refractivity contribution in [2.75, 3.05) is 12.4 Å². The van der Waals surface area contributed by atoms with Gasteiger partial charge < -0.3 is 5.11 Å². The molecule has 0 radical (unpaired) electrons. The molecule has 0 spiro atoms. The van der Waals surface area contributed by atoms with Crippen LogP contribution in [0.15, 0.2) is 33.6 Å². The molecule has 5 heteroatoms. The SMILES string of the molecule is N=S(=O)(CCCO)c1ccc(Br)cc1. The molecule has 78 valence electrons. The zero-order valence-electron chi connectivity index (χ0n) is 7.57. The third kappa shape index (κ3) is 3.08. The Morgan fingerprint density at radius 2 is 1.93 bits per heavy atom. The van der Waals surface area contributed by atoms with Crippen molar-refractivity contribution in [3.05, 3.63) is 28.7 Å². The van der Waals surface area contributed by atoms with Crippen LogP contribution in [0.3, 0.4) is 0 Å². The maximum Gasteiger partial charge on any atom is 0.0726 e. The van der Waals surface area contributed by atoms with Gasteiger partial charge >= 0.3 is 0 Å². The zero-order chi connectivity index (χ0) is 10.6. The third-order valence-corrected chi connectivity index (χ3v) is 4.21. The van der Waals surface area contributed by atoms with Gasteiger partial charge in [0.05, 0.1) is 9.73 Å². The van der Waals surface area contributed by atoms with Crippen LogP contribution in [-0.2, 0) is 9.73 Å². The van der Waals surface area contributed by atoms with Crippen molar-refractivity contribution in [2.24, 2.45) is 0 Å². The Labute approximate surface area is 92.3 Å². The molecular weight excluding hydrogens is 266 g/mol. The summed E-state index contributed by atoms with van der Waals surface area (Å²) in [5.41, 5.74) is 0. The molecule has 0 fully saturated rings. The van der Waals surface area contributed by atoms with Crippen LogP contribution in [-0.4, -0.2) is 21.7 Å². The second-order valence-electron chi connectivity index (χ2n) is 2.91. The highest BCUT2D eigenvalue weighted by molar-refractivity contribution is 9.10. The molecule has 0 aromatic heterocycles. The molecule has 1 unspecified atom stereocenters. The van der Waals surface area contributed by atoms with Crippen LogP contribution in [0, 0.1) is 4.78 Å². The Hall–Kier alpha value is -0.390. The summed E-state index contributed by atoms with van der Waals surface area (Å²) in [4.78, 5) is 0.522. The Balaban J connectivity index is 2.87. The van der Waals surface area contributed by atoms with Crippen LogP contribution in [0.25, 0.3) is 0 Å². The van der Waals surface area contributed by atoms with E-state index in [1.165, 1.54) is 0 Å². The van der Waals surface area contributed by atoms with E-state index in [2.05, 4.69) is 15.9 Å². The first kappa shape index (κ1) is 11.7. The number of hydrogen-bond acceptors (Lipinski definition) is 3. The van der Waals surface area contributed by atoms with Gasteiger partial charge in [-0.15, -0.1) is 0 Å². The van der Waals surface area contributed by atoms with Gasteiger partial charge in [0.25, 0.3) is 0 Å². The van der Waals surface area contributed by atoms with Crippen molar-refractivity contribution >= 4 is 25.7 Å². The largest absolute Gasteiger partial charge is 0.396 e. The number of rotatable bonds is 4. The lowest BCUT2D eigenvalue weighted by atomic mass is 10.4. The normalized spacial score (nSPS) is 15.0. The average Bonchev–Trinajstić information content (AvgIpc) is 2.16. The molecule has 0 saturated heterocycles. The van der Waals surface area contributed by atoms with Crippen LogP contribution in [0.5, 0.6) is 0 Å². The van der Waals surface area contributed by atoms with Gasteiger partial charge in [-0.3, -0.25) is 0 Å². The summed E-state index contributed by atoms with van der Waals surface area (Å²) in [5.74, 6) is 0.213. The number of halogens is 1. The van der Waals surface area contributed by atoms with Crippen LogP contribution >= 0.6 is 15.9 Å². The molecule has 14 heavy (non-hydrogen) atoms. The van der Waals surface area contributed by atoms with Gasteiger partial charge in [-0.05, 0) is 30.7 Å². The molecule has 1 aromatic carbocycles. The number of aliphatic hydroxyl groups excluding tert-OH is 1. The van der Waals surface area contributed by atoms with Gasteiger partial charge in [-0.25, -0.2) is 8.99 Å². The van der Waals surface area contributed by atoms with Gasteiger partial charge in [-0.2, -0.15) is 0 Å². The van der Waals surface area contributed by atoms with Gasteiger partial charge in [0.1, 0.15) is 0 Å². The fourth-order valence-electron chi connectivity index (χ4n) is 1.04. The third-order valence-electron chi connectivity index (χ3n) is 1.78. The molecule has 0 aliphatic rings. The van der Waals surface area contributed by atoms with Crippen LogP contribution in [0.4, 0.5) is 0 Å². The summed E-state index contributed by atoms with van der Waals surface area (Å²) in [5, 5.41) is 8.60. The van der Waals surface area contributed by atoms with E-state index in [1.807, 2.05) is 0 Å². The average molecular weight is 278 g/mol. The van der Waals surface area contributed by atoms with Crippen molar-refractivity contribution in [3.63, 3.8) is 0 Å². The Morgan fingerprint density at radius 3 is 2.43 bits per heavy atom. The van der Waals surface area contributed by atoms with Gasteiger partial charge in [0.15, 0.2) is 0 Å². The Kier molecular flexibility index (Phi) is 4.10. The summed E-state index contributed by atoms with van der Waals surface area (Å²) in [7, 11) is -2.72. The summed E-state index contributed by atoms with van der Waals surface area (Å²) >= 11 is 3.27. The van der Waals surface area contributed by atoms with E-state index in [1.54, 1.807) is 24.3 Å². The first-order chi connectivity index (χ1) is 6.56. The summed E-state index contributed by atoms with van der Waals surface area (Å²) < 4.78 is 20.3. The maximum absolute atomic E-state index is 11.8. The minimum Gasteiger partial charge on any atom is -0.396 e. The van der Waals surface area contributed by atoms with Crippen molar-refractivity contribution in [2.45, 2.75) is 11.3 Å². The molecule has 2 N–H and O–H groups in total. The predicted octanol–water partition coefficient (Wildman–Crippen LogP) is 2.24. The standard InChI is InChI=1S/C9H12BrNO2S/c10-8-2-4-9(5-3-8)14(11,13)7-1-6-12/h2-5,11-12H,1,6-7H2. The van der Waals surface area contributed by atoms with E-state index in [0.29, 0.717) is 11.3 Å². The van der Waals surface area contributed by atoms with Gasteiger partial charge in [-0.1, -0.05) is 15.9 Å². The molecule has 1 rings (SSSR count). The molecule has 0 bridgehead atoms. The van der Waals surface area contributed by atoms with E-state index < -0.39 is 9.73 Å². The minimum absolute atomic E-state index is 0.0214.